The van der Waals surface area contributed by atoms with Gasteiger partial charge in [0.05, 0.1) is 0 Å². The summed E-state index contributed by atoms with van der Waals surface area (Å²) in [6.07, 6.45) is 2.68. The standard InChI is InChI=1S/C7H13NO3/c1-2-3-4-6(7(10)11)8-5-9/h5-6H,2-4H2,1H3,(H,8,9)(H,10,11). The van der Waals surface area contributed by atoms with E-state index in [1.54, 1.807) is 0 Å². The largest absolute Gasteiger partial charge is 0.480 e. The van der Waals surface area contributed by atoms with Crippen molar-refractivity contribution in [1.29, 1.82) is 0 Å². The van der Waals surface area contributed by atoms with Gasteiger partial charge in [-0.2, -0.15) is 0 Å². The molecule has 1 unspecified atom stereocenters. The molecule has 0 spiro atoms. The number of carboxylic acids is 1. The Hall–Kier alpha value is -1.06. The van der Waals surface area contributed by atoms with Crippen molar-refractivity contribution < 1.29 is 14.7 Å². The summed E-state index contributed by atoms with van der Waals surface area (Å²) in [6, 6.07) is -0.715. The number of rotatable bonds is 6. The van der Waals surface area contributed by atoms with Gasteiger partial charge < -0.3 is 10.4 Å². The maximum atomic E-state index is 10.4. The summed E-state index contributed by atoms with van der Waals surface area (Å²) in [5.41, 5.74) is 0. The lowest BCUT2D eigenvalue weighted by atomic mass is 10.1. The quantitative estimate of drug-likeness (QED) is 0.550. The maximum absolute atomic E-state index is 10.4. The number of amides is 1. The predicted molar refractivity (Wildman–Crippen MR) is 40.1 cm³/mol. The Labute approximate surface area is 65.6 Å². The molecule has 0 saturated carbocycles. The number of carbonyl (C=O) groups excluding carboxylic acids is 1. The molecule has 0 aromatic carbocycles. The van der Waals surface area contributed by atoms with Crippen LogP contribution < -0.4 is 5.32 Å². The minimum Gasteiger partial charge on any atom is -0.480 e. The topological polar surface area (TPSA) is 66.4 Å². The molecule has 0 heterocycles. The van der Waals surface area contributed by atoms with Gasteiger partial charge in [0, 0.05) is 0 Å². The molecule has 2 N–H and O–H groups in total. The van der Waals surface area contributed by atoms with Crippen LogP contribution >= 0.6 is 0 Å². The molecule has 0 aromatic heterocycles. The molecule has 64 valence electrons. The van der Waals surface area contributed by atoms with Gasteiger partial charge >= 0.3 is 5.97 Å². The molecule has 4 heteroatoms. The number of unbranched alkanes of at least 4 members (excludes halogenated alkanes) is 1. The number of nitrogens with one attached hydrogen (secondary N) is 1. The molecule has 1 amide bonds. The number of carbonyl (C=O) groups is 2. The second kappa shape index (κ2) is 5.70. The highest BCUT2D eigenvalue weighted by molar-refractivity contribution is 5.76. The van der Waals surface area contributed by atoms with Crippen molar-refractivity contribution >= 4 is 12.4 Å². The molecular weight excluding hydrogens is 146 g/mol. The summed E-state index contributed by atoms with van der Waals surface area (Å²) in [7, 11) is 0. The lowest BCUT2D eigenvalue weighted by Gasteiger charge is -2.08. The molecule has 1 atom stereocenters. The number of carboxylic acid groups (broad SMARTS) is 1. The molecule has 0 bridgehead atoms. The van der Waals surface area contributed by atoms with Gasteiger partial charge in [-0.1, -0.05) is 19.8 Å². The molecule has 0 saturated heterocycles. The molecule has 0 rings (SSSR count). The van der Waals surface area contributed by atoms with E-state index < -0.39 is 12.0 Å². The maximum Gasteiger partial charge on any atom is 0.326 e. The Kier molecular flexibility index (Phi) is 5.15. The van der Waals surface area contributed by atoms with Crippen LogP contribution in [-0.2, 0) is 9.59 Å². The Morgan fingerprint density at radius 3 is 2.73 bits per heavy atom. The first kappa shape index (κ1) is 9.94. The fraction of sp³-hybridized carbons (Fsp3) is 0.714. The van der Waals surface area contributed by atoms with Gasteiger partial charge in [-0.3, -0.25) is 4.79 Å². The SMILES string of the molecule is CCCCC(NC=O)C(=O)O. The molecule has 0 aliphatic heterocycles. The highest BCUT2D eigenvalue weighted by atomic mass is 16.4. The molecule has 0 aromatic rings. The van der Waals surface area contributed by atoms with Crippen molar-refractivity contribution in [2.45, 2.75) is 32.2 Å². The lowest BCUT2D eigenvalue weighted by Crippen LogP contribution is -2.35. The van der Waals surface area contributed by atoms with Crippen molar-refractivity contribution in [2.75, 3.05) is 0 Å². The summed E-state index contributed by atoms with van der Waals surface area (Å²) < 4.78 is 0. The highest BCUT2D eigenvalue weighted by Gasteiger charge is 2.14. The first-order chi connectivity index (χ1) is 5.22. The highest BCUT2D eigenvalue weighted by Crippen LogP contribution is 1.99. The van der Waals surface area contributed by atoms with Crippen LogP contribution in [0.15, 0.2) is 0 Å². The zero-order chi connectivity index (χ0) is 8.69. The summed E-state index contributed by atoms with van der Waals surface area (Å²) in [6.45, 7) is 1.97. The van der Waals surface area contributed by atoms with Crippen LogP contribution in [0.3, 0.4) is 0 Å². The molecule has 0 fully saturated rings. The van der Waals surface area contributed by atoms with Crippen molar-refractivity contribution in [3.05, 3.63) is 0 Å². The van der Waals surface area contributed by atoms with Gasteiger partial charge in [-0.15, -0.1) is 0 Å². The van der Waals surface area contributed by atoms with E-state index in [1.807, 2.05) is 6.92 Å². The summed E-state index contributed by atoms with van der Waals surface area (Å²) in [4.78, 5) is 20.3. The summed E-state index contributed by atoms with van der Waals surface area (Å²) >= 11 is 0. The first-order valence-electron chi connectivity index (χ1n) is 3.64. The normalized spacial score (nSPS) is 12.1. The third-order valence-electron chi connectivity index (χ3n) is 1.41. The monoisotopic (exact) mass is 159 g/mol. The van der Waals surface area contributed by atoms with Crippen molar-refractivity contribution in [2.24, 2.45) is 0 Å². The number of hydrogen-bond acceptors (Lipinski definition) is 2. The fourth-order valence-corrected chi connectivity index (χ4v) is 0.768. The minimum absolute atomic E-state index is 0.425. The van der Waals surface area contributed by atoms with E-state index in [9.17, 15) is 9.59 Å². The molecule has 0 aliphatic carbocycles. The van der Waals surface area contributed by atoms with Crippen LogP contribution in [-0.4, -0.2) is 23.5 Å². The second-order valence-electron chi connectivity index (χ2n) is 2.32. The average Bonchev–Trinajstić information content (AvgIpc) is 1.97. The van der Waals surface area contributed by atoms with E-state index in [0.29, 0.717) is 12.8 Å². The number of aliphatic carboxylic acids is 1. The Morgan fingerprint density at radius 2 is 2.36 bits per heavy atom. The van der Waals surface area contributed by atoms with Crippen LogP contribution in [0.1, 0.15) is 26.2 Å². The third-order valence-corrected chi connectivity index (χ3v) is 1.41. The zero-order valence-corrected chi connectivity index (χ0v) is 6.54. The van der Waals surface area contributed by atoms with E-state index in [4.69, 9.17) is 5.11 Å². The van der Waals surface area contributed by atoms with Gasteiger partial charge in [0.15, 0.2) is 0 Å². The van der Waals surface area contributed by atoms with E-state index in [2.05, 4.69) is 5.32 Å². The molecule has 4 nitrogen and oxygen atoms in total. The van der Waals surface area contributed by atoms with Crippen LogP contribution in [0.25, 0.3) is 0 Å². The van der Waals surface area contributed by atoms with E-state index >= 15 is 0 Å². The van der Waals surface area contributed by atoms with Gasteiger partial charge in [0.25, 0.3) is 0 Å². The van der Waals surface area contributed by atoms with Crippen molar-refractivity contribution in [3.63, 3.8) is 0 Å². The van der Waals surface area contributed by atoms with Crippen LogP contribution in [0.2, 0.25) is 0 Å². The van der Waals surface area contributed by atoms with Crippen LogP contribution in [0.4, 0.5) is 0 Å². The molecule has 11 heavy (non-hydrogen) atoms. The minimum atomic E-state index is -0.967. The smallest absolute Gasteiger partial charge is 0.326 e. The van der Waals surface area contributed by atoms with E-state index in [-0.39, 0.29) is 0 Å². The van der Waals surface area contributed by atoms with Gasteiger partial charge in [0.1, 0.15) is 6.04 Å². The lowest BCUT2D eigenvalue weighted by molar-refractivity contribution is -0.140. The Morgan fingerprint density at radius 1 is 1.73 bits per heavy atom. The van der Waals surface area contributed by atoms with Crippen molar-refractivity contribution in [3.8, 4) is 0 Å². The third kappa shape index (κ3) is 4.36. The average molecular weight is 159 g/mol. The van der Waals surface area contributed by atoms with Gasteiger partial charge in [0.2, 0.25) is 6.41 Å². The van der Waals surface area contributed by atoms with E-state index in [0.717, 1.165) is 12.8 Å². The molecule has 0 radical (unpaired) electrons. The number of hydrogen-bond donors (Lipinski definition) is 2. The fourth-order valence-electron chi connectivity index (χ4n) is 0.768. The summed E-state index contributed by atoms with van der Waals surface area (Å²) in [5.74, 6) is -0.967. The summed E-state index contributed by atoms with van der Waals surface area (Å²) in [5, 5.41) is 10.7. The Bertz CT molecular complexity index is 136. The molecular formula is C7H13NO3. The zero-order valence-electron chi connectivity index (χ0n) is 6.54. The Balaban J connectivity index is 3.69. The van der Waals surface area contributed by atoms with E-state index in [1.165, 1.54) is 0 Å². The van der Waals surface area contributed by atoms with Crippen molar-refractivity contribution in [1.82, 2.24) is 5.32 Å². The first-order valence-corrected chi connectivity index (χ1v) is 3.64. The van der Waals surface area contributed by atoms with Crippen LogP contribution in [0, 0.1) is 0 Å². The van der Waals surface area contributed by atoms with Gasteiger partial charge in [-0.05, 0) is 6.42 Å². The molecule has 0 aliphatic rings. The van der Waals surface area contributed by atoms with Crippen LogP contribution in [0.5, 0.6) is 0 Å². The predicted octanol–water partition coefficient (Wildman–Crippen LogP) is 0.376. The second-order valence-corrected chi connectivity index (χ2v) is 2.32. The van der Waals surface area contributed by atoms with Gasteiger partial charge in [-0.25, -0.2) is 4.79 Å².